The summed E-state index contributed by atoms with van der Waals surface area (Å²) in [7, 11) is 2.97. The van der Waals surface area contributed by atoms with Crippen molar-refractivity contribution in [3.05, 3.63) is 80.2 Å². The molecule has 0 heterocycles. The van der Waals surface area contributed by atoms with Gasteiger partial charge in [-0.25, -0.2) is 10.2 Å². The standard InChI is InChI=1S/C24H19BrCl2N2O6/c1-32-19-8-6-14(11-21(19)33-2)24(31)35-18-9-7-16(25)10-15(18)12-28-29-22(30)13-34-20-5-3-4-17(26)23(20)27/h3-12H,13H2,1-2H3,(H,29,30)/b28-12-. The van der Waals surface area contributed by atoms with Gasteiger partial charge in [0, 0.05) is 10.0 Å². The van der Waals surface area contributed by atoms with Crippen molar-refractivity contribution in [2.24, 2.45) is 5.10 Å². The minimum atomic E-state index is -0.612. The Morgan fingerprint density at radius 3 is 2.46 bits per heavy atom. The molecule has 0 bridgehead atoms. The molecule has 1 N–H and O–H groups in total. The second-order valence-corrected chi connectivity index (χ2v) is 8.48. The van der Waals surface area contributed by atoms with E-state index in [9.17, 15) is 9.59 Å². The maximum atomic E-state index is 12.7. The molecule has 3 rings (SSSR count). The molecule has 3 aromatic rings. The molecule has 0 aliphatic rings. The van der Waals surface area contributed by atoms with Gasteiger partial charge in [-0.1, -0.05) is 45.2 Å². The van der Waals surface area contributed by atoms with Crippen LogP contribution in [0, 0.1) is 0 Å². The summed E-state index contributed by atoms with van der Waals surface area (Å²) in [6.45, 7) is -0.336. The maximum Gasteiger partial charge on any atom is 0.343 e. The number of benzene rings is 3. The average molecular weight is 582 g/mol. The Labute approximate surface area is 219 Å². The summed E-state index contributed by atoms with van der Waals surface area (Å²) in [6.07, 6.45) is 1.34. The van der Waals surface area contributed by atoms with Gasteiger partial charge in [-0.05, 0) is 48.5 Å². The molecular weight excluding hydrogens is 563 g/mol. The van der Waals surface area contributed by atoms with Gasteiger partial charge in [0.25, 0.3) is 5.91 Å². The van der Waals surface area contributed by atoms with Gasteiger partial charge in [-0.3, -0.25) is 4.79 Å². The highest BCUT2D eigenvalue weighted by Gasteiger charge is 2.15. The van der Waals surface area contributed by atoms with Crippen molar-refractivity contribution in [3.63, 3.8) is 0 Å². The molecule has 11 heteroatoms. The summed E-state index contributed by atoms with van der Waals surface area (Å²) in [5.74, 6) is 0.235. The molecule has 0 saturated carbocycles. The van der Waals surface area contributed by atoms with E-state index in [0.29, 0.717) is 22.1 Å². The smallest absolute Gasteiger partial charge is 0.343 e. The minimum Gasteiger partial charge on any atom is -0.493 e. The number of methoxy groups -OCH3 is 2. The minimum absolute atomic E-state index is 0.209. The van der Waals surface area contributed by atoms with Crippen LogP contribution in [0.2, 0.25) is 10.0 Å². The maximum absolute atomic E-state index is 12.7. The largest absolute Gasteiger partial charge is 0.493 e. The Hall–Kier alpha value is -3.27. The summed E-state index contributed by atoms with van der Waals surface area (Å²) >= 11 is 15.3. The van der Waals surface area contributed by atoms with E-state index in [-0.39, 0.29) is 28.7 Å². The Balaban J connectivity index is 1.66. The van der Waals surface area contributed by atoms with Crippen molar-refractivity contribution >= 4 is 57.2 Å². The fraction of sp³-hybridized carbons (Fsp3) is 0.125. The van der Waals surface area contributed by atoms with E-state index in [2.05, 4.69) is 26.5 Å². The SMILES string of the molecule is COc1ccc(C(=O)Oc2ccc(Br)cc2/C=N\NC(=O)COc2cccc(Cl)c2Cl)cc1OC. The lowest BCUT2D eigenvalue weighted by molar-refractivity contribution is -0.123. The van der Waals surface area contributed by atoms with E-state index < -0.39 is 11.9 Å². The van der Waals surface area contributed by atoms with Gasteiger partial charge in [0.1, 0.15) is 16.5 Å². The second kappa shape index (κ2) is 12.4. The normalized spacial score (nSPS) is 10.7. The molecule has 0 saturated heterocycles. The van der Waals surface area contributed by atoms with Crippen LogP contribution in [0.25, 0.3) is 0 Å². The third-order valence-electron chi connectivity index (χ3n) is 4.46. The zero-order valence-corrected chi connectivity index (χ0v) is 21.6. The van der Waals surface area contributed by atoms with Crippen molar-refractivity contribution in [2.75, 3.05) is 20.8 Å². The fourth-order valence-electron chi connectivity index (χ4n) is 2.78. The first-order valence-corrected chi connectivity index (χ1v) is 11.5. The van der Waals surface area contributed by atoms with Crippen molar-refractivity contribution < 1.29 is 28.5 Å². The molecule has 0 atom stereocenters. The third-order valence-corrected chi connectivity index (χ3v) is 5.76. The number of carbonyl (C=O) groups excluding carboxylic acids is 2. The molecule has 0 radical (unpaired) electrons. The molecule has 8 nitrogen and oxygen atoms in total. The Morgan fingerprint density at radius 1 is 0.971 bits per heavy atom. The van der Waals surface area contributed by atoms with Gasteiger partial charge in [0.2, 0.25) is 0 Å². The van der Waals surface area contributed by atoms with E-state index in [1.807, 2.05) is 0 Å². The molecule has 35 heavy (non-hydrogen) atoms. The number of carbonyl (C=O) groups is 2. The zero-order chi connectivity index (χ0) is 25.4. The van der Waals surface area contributed by atoms with Crippen molar-refractivity contribution in [1.29, 1.82) is 0 Å². The Morgan fingerprint density at radius 2 is 1.71 bits per heavy atom. The number of nitrogens with zero attached hydrogens (tertiary/aromatic N) is 1. The van der Waals surface area contributed by atoms with E-state index in [1.54, 1.807) is 48.5 Å². The van der Waals surface area contributed by atoms with Crippen LogP contribution in [0.15, 0.2) is 64.2 Å². The summed E-state index contributed by atoms with van der Waals surface area (Å²) in [5.41, 5.74) is 3.04. The quantitative estimate of drug-likeness (QED) is 0.155. The molecule has 1 amide bonds. The van der Waals surface area contributed by atoms with Crippen LogP contribution < -0.4 is 24.4 Å². The number of hydrogen-bond acceptors (Lipinski definition) is 7. The van der Waals surface area contributed by atoms with Crippen LogP contribution in [0.1, 0.15) is 15.9 Å². The number of amides is 1. The molecule has 3 aromatic carbocycles. The number of hydrazone groups is 1. The highest BCUT2D eigenvalue weighted by atomic mass is 79.9. The van der Waals surface area contributed by atoms with Gasteiger partial charge >= 0.3 is 5.97 Å². The fourth-order valence-corrected chi connectivity index (χ4v) is 3.51. The molecule has 0 aromatic heterocycles. The molecular formula is C24H19BrCl2N2O6. The first kappa shape index (κ1) is 26.3. The molecule has 182 valence electrons. The zero-order valence-electron chi connectivity index (χ0n) is 18.5. The predicted octanol–water partition coefficient (Wildman–Crippen LogP) is 5.52. The number of rotatable bonds is 9. The molecule has 0 unspecified atom stereocenters. The third kappa shape index (κ3) is 7.11. The number of ether oxygens (including phenoxy) is 4. The lowest BCUT2D eigenvalue weighted by Gasteiger charge is -2.11. The van der Waals surface area contributed by atoms with E-state index in [1.165, 1.54) is 26.5 Å². The van der Waals surface area contributed by atoms with Gasteiger partial charge in [-0.15, -0.1) is 0 Å². The Bertz CT molecular complexity index is 1270. The van der Waals surface area contributed by atoms with Crippen LogP contribution in [0.4, 0.5) is 0 Å². The Kier molecular flexibility index (Phi) is 9.36. The predicted molar refractivity (Wildman–Crippen MR) is 136 cm³/mol. The summed E-state index contributed by atoms with van der Waals surface area (Å²) in [6, 6.07) is 14.5. The molecule has 0 aliphatic carbocycles. The number of esters is 1. The van der Waals surface area contributed by atoms with Crippen molar-refractivity contribution in [2.45, 2.75) is 0 Å². The van der Waals surface area contributed by atoms with Gasteiger partial charge in [-0.2, -0.15) is 5.10 Å². The number of halogens is 3. The van der Waals surface area contributed by atoms with E-state index >= 15 is 0 Å². The average Bonchev–Trinajstić information content (AvgIpc) is 2.85. The highest BCUT2D eigenvalue weighted by Crippen LogP contribution is 2.31. The first-order valence-electron chi connectivity index (χ1n) is 9.95. The summed E-state index contributed by atoms with van der Waals surface area (Å²) in [5, 5.41) is 4.43. The number of hydrogen-bond donors (Lipinski definition) is 1. The van der Waals surface area contributed by atoms with Crippen LogP contribution >= 0.6 is 39.1 Å². The molecule has 0 fully saturated rings. The lowest BCUT2D eigenvalue weighted by atomic mass is 10.2. The topological polar surface area (TPSA) is 95.5 Å². The van der Waals surface area contributed by atoms with Crippen LogP contribution in [0.3, 0.4) is 0 Å². The monoisotopic (exact) mass is 580 g/mol. The lowest BCUT2D eigenvalue weighted by Crippen LogP contribution is -2.24. The van der Waals surface area contributed by atoms with Crippen LogP contribution in [-0.2, 0) is 4.79 Å². The number of nitrogens with one attached hydrogen (secondary N) is 1. The van der Waals surface area contributed by atoms with Gasteiger partial charge in [0.15, 0.2) is 18.1 Å². The second-order valence-electron chi connectivity index (χ2n) is 6.78. The van der Waals surface area contributed by atoms with Crippen LogP contribution in [-0.4, -0.2) is 38.9 Å². The molecule has 0 aliphatic heterocycles. The van der Waals surface area contributed by atoms with Crippen molar-refractivity contribution in [1.82, 2.24) is 5.43 Å². The van der Waals surface area contributed by atoms with Gasteiger partial charge in [0.05, 0.1) is 31.0 Å². The van der Waals surface area contributed by atoms with Crippen molar-refractivity contribution in [3.8, 4) is 23.0 Å². The first-order chi connectivity index (χ1) is 16.8. The van der Waals surface area contributed by atoms with E-state index in [0.717, 1.165) is 4.47 Å². The van der Waals surface area contributed by atoms with Gasteiger partial charge < -0.3 is 18.9 Å². The highest BCUT2D eigenvalue weighted by molar-refractivity contribution is 9.10. The van der Waals surface area contributed by atoms with E-state index in [4.69, 9.17) is 42.1 Å². The summed E-state index contributed by atoms with van der Waals surface area (Å²) < 4.78 is 22.0. The molecule has 0 spiro atoms. The van der Waals surface area contributed by atoms with Crippen LogP contribution in [0.5, 0.6) is 23.0 Å². The summed E-state index contributed by atoms with van der Waals surface area (Å²) in [4.78, 5) is 24.8.